The minimum atomic E-state index is -3.85. The van der Waals surface area contributed by atoms with E-state index < -0.39 is 22.0 Å². The molecule has 0 heterocycles. The number of halogens is 1. The smallest absolute Gasteiger partial charge is 0.241 e. The minimum absolute atomic E-state index is 0.0347. The molecule has 2 aromatic carbocycles. The van der Waals surface area contributed by atoms with E-state index in [1.54, 1.807) is 6.07 Å². The van der Waals surface area contributed by atoms with Gasteiger partial charge in [0.15, 0.2) is 11.5 Å². The molecule has 2 rings (SSSR count). The lowest BCUT2D eigenvalue weighted by Crippen LogP contribution is -2.45. The molecule has 0 aliphatic rings. The predicted octanol–water partition coefficient (Wildman–Crippen LogP) is 3.68. The molecule has 1 unspecified atom stereocenters. The van der Waals surface area contributed by atoms with E-state index >= 15 is 0 Å². The Kier molecular flexibility index (Phi) is 8.52. The average molecular weight is 455 g/mol. The van der Waals surface area contributed by atoms with Crippen LogP contribution >= 0.6 is 11.6 Å². The van der Waals surface area contributed by atoms with Gasteiger partial charge >= 0.3 is 0 Å². The van der Waals surface area contributed by atoms with Gasteiger partial charge in [-0.2, -0.15) is 4.72 Å². The minimum Gasteiger partial charge on any atom is -0.490 e. The van der Waals surface area contributed by atoms with Crippen molar-refractivity contribution in [2.45, 2.75) is 44.7 Å². The second-order valence-electron chi connectivity index (χ2n) is 6.60. The molecule has 0 fully saturated rings. The van der Waals surface area contributed by atoms with Crippen LogP contribution in [0, 0.1) is 0 Å². The van der Waals surface area contributed by atoms with Crippen LogP contribution in [-0.2, 0) is 14.8 Å². The largest absolute Gasteiger partial charge is 0.490 e. The molecule has 0 spiro atoms. The Morgan fingerprint density at radius 1 is 1.00 bits per heavy atom. The molecule has 0 saturated carbocycles. The molecule has 7 nitrogen and oxygen atoms in total. The summed E-state index contributed by atoms with van der Waals surface area (Å²) in [6, 6.07) is 9.81. The first kappa shape index (κ1) is 24.0. The molecule has 0 saturated heterocycles. The number of sulfonamides is 1. The van der Waals surface area contributed by atoms with E-state index in [-0.39, 0.29) is 10.9 Å². The molecule has 0 aliphatic heterocycles. The van der Waals surface area contributed by atoms with Crippen molar-refractivity contribution in [2.75, 3.05) is 13.2 Å². The van der Waals surface area contributed by atoms with Crippen LogP contribution in [0.2, 0.25) is 5.02 Å². The number of ether oxygens (including phenoxy) is 2. The molecule has 164 valence electrons. The summed E-state index contributed by atoms with van der Waals surface area (Å²) >= 11 is 5.80. The number of hydrogen-bond donors (Lipinski definition) is 2. The third-order valence-electron chi connectivity index (χ3n) is 4.28. The van der Waals surface area contributed by atoms with Crippen molar-refractivity contribution in [1.29, 1.82) is 0 Å². The van der Waals surface area contributed by atoms with Crippen LogP contribution in [0.15, 0.2) is 47.4 Å². The van der Waals surface area contributed by atoms with Crippen molar-refractivity contribution in [3.63, 3.8) is 0 Å². The zero-order chi connectivity index (χ0) is 22.3. The van der Waals surface area contributed by atoms with Crippen molar-refractivity contribution >= 4 is 27.5 Å². The van der Waals surface area contributed by atoms with Crippen molar-refractivity contribution in [2.24, 2.45) is 0 Å². The normalized spacial score (nSPS) is 13.4. The quantitative estimate of drug-likeness (QED) is 0.571. The number of carbonyl (C=O) groups excluding carboxylic acids is 1. The van der Waals surface area contributed by atoms with Gasteiger partial charge in [-0.05, 0) is 69.7 Å². The Balaban J connectivity index is 2.07. The van der Waals surface area contributed by atoms with Crippen LogP contribution < -0.4 is 19.5 Å². The molecule has 0 radical (unpaired) electrons. The Labute approximate surface area is 182 Å². The third kappa shape index (κ3) is 6.35. The maximum absolute atomic E-state index is 12.6. The molecule has 2 atom stereocenters. The molecule has 9 heteroatoms. The van der Waals surface area contributed by atoms with Crippen molar-refractivity contribution in [1.82, 2.24) is 10.0 Å². The van der Waals surface area contributed by atoms with Crippen LogP contribution in [0.1, 0.15) is 39.3 Å². The zero-order valence-corrected chi connectivity index (χ0v) is 19.0. The van der Waals surface area contributed by atoms with Gasteiger partial charge in [0.2, 0.25) is 15.9 Å². The van der Waals surface area contributed by atoms with E-state index in [1.165, 1.54) is 31.2 Å². The lowest BCUT2D eigenvalue weighted by atomic mass is 10.1. The number of carbonyl (C=O) groups is 1. The summed E-state index contributed by atoms with van der Waals surface area (Å²) in [5, 5.41) is 3.24. The number of rotatable bonds is 10. The third-order valence-corrected chi connectivity index (χ3v) is 6.08. The maximum atomic E-state index is 12.6. The number of amides is 1. The summed E-state index contributed by atoms with van der Waals surface area (Å²) in [5.41, 5.74) is 0.808. The highest BCUT2D eigenvalue weighted by Crippen LogP contribution is 2.30. The molecule has 2 aromatic rings. The van der Waals surface area contributed by atoms with E-state index in [0.717, 1.165) is 5.56 Å². The van der Waals surface area contributed by atoms with Crippen molar-refractivity contribution < 1.29 is 22.7 Å². The average Bonchev–Trinajstić information content (AvgIpc) is 2.69. The van der Waals surface area contributed by atoms with Crippen LogP contribution in [0.4, 0.5) is 0 Å². The van der Waals surface area contributed by atoms with Crippen LogP contribution in [0.5, 0.6) is 11.5 Å². The molecule has 0 aliphatic carbocycles. The Morgan fingerprint density at radius 2 is 1.60 bits per heavy atom. The van der Waals surface area contributed by atoms with Gasteiger partial charge in [0, 0.05) is 5.02 Å². The van der Waals surface area contributed by atoms with Gasteiger partial charge < -0.3 is 14.8 Å². The predicted molar refractivity (Wildman–Crippen MR) is 117 cm³/mol. The van der Waals surface area contributed by atoms with Crippen molar-refractivity contribution in [3.05, 3.63) is 53.1 Å². The van der Waals surface area contributed by atoms with E-state index in [1.807, 2.05) is 32.9 Å². The fourth-order valence-corrected chi connectivity index (χ4v) is 4.06. The van der Waals surface area contributed by atoms with Gasteiger partial charge in [-0.15, -0.1) is 0 Å². The van der Waals surface area contributed by atoms with Crippen LogP contribution in [0.3, 0.4) is 0 Å². The maximum Gasteiger partial charge on any atom is 0.241 e. The van der Waals surface area contributed by atoms with Crippen molar-refractivity contribution in [3.8, 4) is 11.5 Å². The van der Waals surface area contributed by atoms with Gasteiger partial charge in [0.05, 0.1) is 30.2 Å². The van der Waals surface area contributed by atoms with Gasteiger partial charge in [-0.25, -0.2) is 8.42 Å². The lowest BCUT2D eigenvalue weighted by molar-refractivity contribution is -0.123. The summed E-state index contributed by atoms with van der Waals surface area (Å²) in [7, 11) is -3.85. The monoisotopic (exact) mass is 454 g/mol. The van der Waals surface area contributed by atoms with E-state index in [0.29, 0.717) is 29.7 Å². The standard InChI is InChI=1S/C21H27ClN2O5S/c1-5-28-19-12-7-16(13-20(19)29-6-2)14(3)23-21(25)15(4)24-30(26,27)18-10-8-17(22)9-11-18/h7-15,24H,5-6H2,1-4H3,(H,23,25)/t14?,15-/m0/s1. The second-order valence-corrected chi connectivity index (χ2v) is 8.75. The first-order chi connectivity index (χ1) is 14.2. The van der Waals surface area contributed by atoms with Gasteiger partial charge in [-0.1, -0.05) is 17.7 Å². The Hall–Kier alpha value is -2.29. The first-order valence-corrected chi connectivity index (χ1v) is 11.5. The second kappa shape index (κ2) is 10.7. The molecule has 0 bridgehead atoms. The topological polar surface area (TPSA) is 93.7 Å². The summed E-state index contributed by atoms with van der Waals surface area (Å²) < 4.78 is 38.5. The summed E-state index contributed by atoms with van der Waals surface area (Å²) in [4.78, 5) is 12.6. The van der Waals surface area contributed by atoms with E-state index in [2.05, 4.69) is 10.0 Å². The van der Waals surface area contributed by atoms with Gasteiger partial charge in [0.25, 0.3) is 0 Å². The first-order valence-electron chi connectivity index (χ1n) is 9.65. The highest BCUT2D eigenvalue weighted by molar-refractivity contribution is 7.89. The Morgan fingerprint density at radius 3 is 2.20 bits per heavy atom. The molecule has 30 heavy (non-hydrogen) atoms. The highest BCUT2D eigenvalue weighted by atomic mass is 35.5. The molecule has 2 N–H and O–H groups in total. The zero-order valence-electron chi connectivity index (χ0n) is 17.4. The summed E-state index contributed by atoms with van der Waals surface area (Å²) in [6.07, 6.45) is 0. The molecule has 1 amide bonds. The number of nitrogens with one attached hydrogen (secondary N) is 2. The van der Waals surface area contributed by atoms with Crippen LogP contribution in [-0.4, -0.2) is 33.6 Å². The lowest BCUT2D eigenvalue weighted by Gasteiger charge is -2.20. The summed E-state index contributed by atoms with van der Waals surface area (Å²) in [5.74, 6) is 0.770. The SMILES string of the molecule is CCOc1ccc(C(C)NC(=O)[C@H](C)NS(=O)(=O)c2ccc(Cl)cc2)cc1OCC. The number of hydrogen-bond acceptors (Lipinski definition) is 5. The van der Waals surface area contributed by atoms with E-state index in [9.17, 15) is 13.2 Å². The van der Waals surface area contributed by atoms with Crippen LogP contribution in [0.25, 0.3) is 0 Å². The van der Waals surface area contributed by atoms with Gasteiger partial charge in [0.1, 0.15) is 0 Å². The molecular weight excluding hydrogens is 428 g/mol. The molecule has 0 aromatic heterocycles. The fourth-order valence-electron chi connectivity index (χ4n) is 2.73. The Bertz CT molecular complexity index is 964. The summed E-state index contributed by atoms with van der Waals surface area (Å²) in [6.45, 7) is 8.05. The highest BCUT2D eigenvalue weighted by Gasteiger charge is 2.23. The van der Waals surface area contributed by atoms with E-state index in [4.69, 9.17) is 21.1 Å². The molecular formula is C21H27ClN2O5S. The van der Waals surface area contributed by atoms with Gasteiger partial charge in [-0.3, -0.25) is 4.79 Å². The fraction of sp³-hybridized carbons (Fsp3) is 0.381. The number of benzene rings is 2.